The Morgan fingerprint density at radius 2 is 1.64 bits per heavy atom. The largest absolute Gasteiger partial charge is 0.483 e. The van der Waals surface area contributed by atoms with Gasteiger partial charge in [0.25, 0.3) is 17.7 Å². The summed E-state index contributed by atoms with van der Waals surface area (Å²) in [4.78, 5) is 89.0. The van der Waals surface area contributed by atoms with E-state index < -0.39 is 23.9 Å². The van der Waals surface area contributed by atoms with E-state index in [0.717, 1.165) is 70.6 Å². The van der Waals surface area contributed by atoms with E-state index in [2.05, 4.69) is 51.5 Å². The summed E-state index contributed by atoms with van der Waals surface area (Å²) in [6.45, 7) is 14.2. The van der Waals surface area contributed by atoms with Gasteiger partial charge in [0.2, 0.25) is 17.7 Å². The molecule has 0 bridgehead atoms. The van der Waals surface area contributed by atoms with Gasteiger partial charge in [0.1, 0.15) is 22.6 Å². The van der Waals surface area contributed by atoms with Crippen LogP contribution in [-0.4, -0.2) is 129 Å². The minimum atomic E-state index is -0.662. The number of nitrogens with zero attached hydrogens (tertiary/aromatic N) is 7. The summed E-state index contributed by atoms with van der Waals surface area (Å²) < 4.78 is 7.76. The van der Waals surface area contributed by atoms with Crippen molar-refractivity contribution in [1.82, 2.24) is 45.4 Å². The standard InChI is InChI=1S/C48H55ClN10O7S/c1-28-30(3)67-48-42(28)44(32-13-15-33(49)16-14-32)53-35(45-55-54-31(4)58(45)48)26-39(61)50-20-9-21-56-22-24-57(25-23-56)41(63)12-6-5-7-19-51-40(62)27-66-37-11-8-10-34-43(37)47(65)59(46(34)64)36-17-18-38(60)52-29(36)2/h8,10-11,13-16,35-36H,2,5-7,9,12,17-27H2,1,3-4H3,(H,50,61)(H,51,62)(H,52,60)/t35-,36?/m0/s1. The average molecular weight is 952 g/mol. The van der Waals surface area contributed by atoms with Crippen molar-refractivity contribution in [2.45, 2.75) is 84.2 Å². The second kappa shape index (κ2) is 20.7. The number of fused-ring (bicyclic) bond motifs is 4. The number of piperazine rings is 1. The van der Waals surface area contributed by atoms with Crippen LogP contribution in [-0.2, 0) is 19.2 Å². The highest BCUT2D eigenvalue weighted by Crippen LogP contribution is 2.40. The molecule has 2 atom stereocenters. The van der Waals surface area contributed by atoms with Gasteiger partial charge in [-0.25, -0.2) is 0 Å². The first kappa shape index (κ1) is 47.3. The molecule has 1 unspecified atom stereocenters. The van der Waals surface area contributed by atoms with Crippen molar-refractivity contribution in [3.05, 3.63) is 104 Å². The average Bonchev–Trinajstić information content (AvgIpc) is 3.89. The zero-order valence-corrected chi connectivity index (χ0v) is 39.6. The van der Waals surface area contributed by atoms with Crippen molar-refractivity contribution in [1.29, 1.82) is 0 Å². The fourth-order valence-electron chi connectivity index (χ4n) is 9.02. The molecule has 0 aliphatic carbocycles. The lowest BCUT2D eigenvalue weighted by Gasteiger charge is -2.34. The zero-order chi connectivity index (χ0) is 47.4. The highest BCUT2D eigenvalue weighted by Gasteiger charge is 2.44. The number of aromatic nitrogens is 3. The number of carbonyl (C=O) groups is 6. The molecule has 0 spiro atoms. The van der Waals surface area contributed by atoms with Crippen molar-refractivity contribution in [2.24, 2.45) is 4.99 Å². The molecule has 4 aliphatic rings. The number of ether oxygens (including phenoxy) is 1. The molecule has 6 amide bonds. The second-order valence-corrected chi connectivity index (χ2v) is 18.9. The Balaban J connectivity index is 0.710. The lowest BCUT2D eigenvalue weighted by Crippen LogP contribution is -2.49. The second-order valence-electron chi connectivity index (χ2n) is 17.3. The van der Waals surface area contributed by atoms with Gasteiger partial charge in [0.15, 0.2) is 12.4 Å². The third-order valence-corrected chi connectivity index (χ3v) is 14.2. The Morgan fingerprint density at radius 3 is 2.40 bits per heavy atom. The summed E-state index contributed by atoms with van der Waals surface area (Å²) in [5.74, 6) is -0.108. The van der Waals surface area contributed by atoms with E-state index in [9.17, 15) is 28.8 Å². The summed E-state index contributed by atoms with van der Waals surface area (Å²) in [5, 5.41) is 19.1. The molecule has 67 heavy (non-hydrogen) atoms. The summed E-state index contributed by atoms with van der Waals surface area (Å²) in [6.07, 6.45) is 3.92. The summed E-state index contributed by atoms with van der Waals surface area (Å²) in [6, 6.07) is 11.1. The number of halogens is 1. The Kier molecular flexibility index (Phi) is 14.6. The first-order valence-corrected chi connectivity index (χ1v) is 24.0. The van der Waals surface area contributed by atoms with Crippen molar-refractivity contribution < 1.29 is 33.5 Å². The van der Waals surface area contributed by atoms with Crippen LogP contribution in [0.25, 0.3) is 5.00 Å². The van der Waals surface area contributed by atoms with E-state index in [1.54, 1.807) is 23.5 Å². The van der Waals surface area contributed by atoms with E-state index in [-0.39, 0.29) is 66.4 Å². The molecule has 0 saturated carbocycles. The Hall–Kier alpha value is -6.24. The summed E-state index contributed by atoms with van der Waals surface area (Å²) in [5.41, 5.74) is 4.44. The van der Waals surface area contributed by atoms with Crippen LogP contribution < -0.4 is 20.7 Å². The van der Waals surface area contributed by atoms with Crippen molar-refractivity contribution >= 4 is 64.1 Å². The van der Waals surface area contributed by atoms with Crippen molar-refractivity contribution in [2.75, 3.05) is 52.4 Å². The Labute approximate surface area is 398 Å². The predicted octanol–water partition coefficient (Wildman–Crippen LogP) is 4.98. The number of thiophene rings is 1. The van der Waals surface area contributed by atoms with Crippen molar-refractivity contribution in [3.63, 3.8) is 0 Å². The number of imide groups is 1. The number of unbranched alkanes of at least 4 members (excludes halogenated alkanes) is 2. The third-order valence-electron chi connectivity index (χ3n) is 12.7. The normalized spacial score (nSPS) is 18.2. The van der Waals surface area contributed by atoms with E-state index in [0.29, 0.717) is 62.0 Å². The molecular formula is C48H55ClN10O7S. The maximum atomic E-state index is 13.4. The lowest BCUT2D eigenvalue weighted by atomic mass is 9.99. The molecule has 0 radical (unpaired) electrons. The van der Waals surface area contributed by atoms with Gasteiger partial charge in [-0.15, -0.1) is 21.5 Å². The smallest absolute Gasteiger partial charge is 0.265 e. The molecule has 4 aliphatic heterocycles. The van der Waals surface area contributed by atoms with E-state index >= 15 is 0 Å². The Bertz CT molecular complexity index is 2630. The van der Waals surface area contributed by atoms with Gasteiger partial charge in [-0.1, -0.05) is 42.8 Å². The fraction of sp³-hybridized carbons (Fsp3) is 0.438. The maximum absolute atomic E-state index is 13.4. The molecule has 2 saturated heterocycles. The van der Waals surface area contributed by atoms with Crippen LogP contribution in [0.4, 0.5) is 0 Å². The fourth-order valence-corrected chi connectivity index (χ4v) is 10.4. The topological polar surface area (TPSA) is 201 Å². The van der Waals surface area contributed by atoms with Crippen LogP contribution in [0.15, 0.2) is 59.7 Å². The number of aryl methyl sites for hydroxylation is 2. The monoisotopic (exact) mass is 950 g/mol. The van der Waals surface area contributed by atoms with Crippen LogP contribution in [0.5, 0.6) is 5.75 Å². The quantitative estimate of drug-likeness (QED) is 0.0958. The SMILES string of the molecule is C=C1NC(=O)CCC1N1C(=O)c2cccc(OCC(=O)NCCCCCC(=O)N3CCN(CCCNC(=O)C[C@@H]4N=C(c5ccc(Cl)cc5)c5c(sc(C)c5C)-n5c(C)nnc54)CC3)c2C1=O. The van der Waals surface area contributed by atoms with Crippen LogP contribution >= 0.6 is 22.9 Å². The molecule has 6 heterocycles. The van der Waals surface area contributed by atoms with Crippen molar-refractivity contribution in [3.8, 4) is 10.8 Å². The highest BCUT2D eigenvalue weighted by atomic mass is 35.5. The number of nitrogens with one attached hydrogen (secondary N) is 3. The first-order valence-electron chi connectivity index (χ1n) is 22.8. The van der Waals surface area contributed by atoms with Crippen LogP contribution in [0.3, 0.4) is 0 Å². The molecule has 2 aromatic carbocycles. The number of rotatable bonds is 17. The van der Waals surface area contributed by atoms with Gasteiger partial charge in [0, 0.05) is 78.8 Å². The van der Waals surface area contributed by atoms with E-state index in [1.165, 1.54) is 10.9 Å². The molecule has 352 valence electrons. The predicted molar refractivity (Wildman–Crippen MR) is 253 cm³/mol. The number of amides is 6. The molecule has 8 rings (SSSR count). The van der Waals surface area contributed by atoms with Gasteiger partial charge in [0.05, 0.1) is 29.3 Å². The van der Waals surface area contributed by atoms with Gasteiger partial charge < -0.3 is 25.6 Å². The minimum absolute atomic E-state index is 0.0888. The van der Waals surface area contributed by atoms with Crippen LogP contribution in [0.2, 0.25) is 5.02 Å². The van der Waals surface area contributed by atoms with Gasteiger partial charge in [-0.2, -0.15) is 0 Å². The van der Waals surface area contributed by atoms with E-state index in [4.69, 9.17) is 21.3 Å². The number of hydrogen-bond acceptors (Lipinski definition) is 12. The molecule has 17 nitrogen and oxygen atoms in total. The third kappa shape index (κ3) is 10.4. The summed E-state index contributed by atoms with van der Waals surface area (Å²) in [7, 11) is 0. The lowest BCUT2D eigenvalue weighted by molar-refractivity contribution is -0.133. The van der Waals surface area contributed by atoms with Crippen LogP contribution in [0, 0.1) is 20.8 Å². The molecule has 2 aromatic heterocycles. The minimum Gasteiger partial charge on any atom is -0.483 e. The van der Waals surface area contributed by atoms with Gasteiger partial charge >= 0.3 is 0 Å². The van der Waals surface area contributed by atoms with Crippen LogP contribution in [0.1, 0.15) is 111 Å². The molecule has 4 aromatic rings. The zero-order valence-electron chi connectivity index (χ0n) is 38.0. The number of hydrogen-bond donors (Lipinski definition) is 3. The highest BCUT2D eigenvalue weighted by molar-refractivity contribution is 7.15. The van der Waals surface area contributed by atoms with E-state index in [1.807, 2.05) is 40.7 Å². The van der Waals surface area contributed by atoms with Gasteiger partial charge in [-0.05, 0) is 82.8 Å². The number of benzene rings is 2. The molecule has 19 heteroatoms. The number of carbonyl (C=O) groups excluding carboxylic acids is 6. The molecule has 2 fully saturated rings. The Morgan fingerprint density at radius 1 is 0.896 bits per heavy atom. The number of piperidine rings is 1. The first-order chi connectivity index (χ1) is 32.3. The molecule has 3 N–H and O–H groups in total. The number of aliphatic imine (C=N–C) groups is 1. The molecular weight excluding hydrogens is 896 g/mol. The summed E-state index contributed by atoms with van der Waals surface area (Å²) >= 11 is 7.92. The van der Waals surface area contributed by atoms with Gasteiger partial charge in [-0.3, -0.25) is 48.1 Å². The maximum Gasteiger partial charge on any atom is 0.265 e.